The van der Waals surface area contributed by atoms with Crippen LogP contribution in [-0.2, 0) is 4.79 Å². The lowest BCUT2D eigenvalue weighted by molar-refractivity contribution is -0.111. The van der Waals surface area contributed by atoms with Crippen molar-refractivity contribution in [2.75, 3.05) is 12.4 Å². The second kappa shape index (κ2) is 7.68. The molecule has 0 fully saturated rings. The number of amides is 1. The molecule has 8 heteroatoms. The van der Waals surface area contributed by atoms with Crippen LogP contribution in [0, 0.1) is 6.92 Å². The third-order valence-corrected chi connectivity index (χ3v) is 3.58. The number of para-hydroxylation sites is 1. The number of thiazole rings is 1. The maximum Gasteiger partial charge on any atom is 0.387 e. The molecule has 5 nitrogen and oxygen atoms in total. The zero-order valence-corrected chi connectivity index (χ0v) is 13.2. The van der Waals surface area contributed by atoms with Crippen molar-refractivity contribution in [2.45, 2.75) is 13.5 Å². The Labute approximate surface area is 135 Å². The van der Waals surface area contributed by atoms with E-state index in [2.05, 4.69) is 15.0 Å². The lowest BCUT2D eigenvalue weighted by Crippen LogP contribution is -2.08. The number of hydrogen-bond donors (Lipinski definition) is 1. The first-order chi connectivity index (χ1) is 11.0. The van der Waals surface area contributed by atoms with E-state index in [-0.39, 0.29) is 11.5 Å². The fourth-order valence-corrected chi connectivity index (χ4v) is 2.46. The van der Waals surface area contributed by atoms with Crippen molar-refractivity contribution in [1.82, 2.24) is 4.98 Å². The fraction of sp³-hybridized carbons (Fsp3) is 0.200. The average molecular weight is 340 g/mol. The van der Waals surface area contributed by atoms with Crippen LogP contribution in [0.15, 0.2) is 29.7 Å². The normalized spacial score (nSPS) is 11.0. The lowest BCUT2D eigenvalue weighted by atomic mass is 10.1. The molecule has 0 spiro atoms. The Balaban J connectivity index is 2.16. The maximum atomic E-state index is 12.5. The number of nitrogens with zero attached hydrogens (tertiary/aromatic N) is 1. The Hall–Kier alpha value is -2.48. The molecular formula is C15H14F2N2O3S. The largest absolute Gasteiger partial charge is 0.493 e. The first kappa shape index (κ1) is 16.9. The monoisotopic (exact) mass is 340 g/mol. The summed E-state index contributed by atoms with van der Waals surface area (Å²) in [7, 11) is 1.35. The zero-order chi connectivity index (χ0) is 16.8. The summed E-state index contributed by atoms with van der Waals surface area (Å²) < 4.78 is 34.5. The first-order valence-electron chi connectivity index (χ1n) is 6.52. The molecule has 122 valence electrons. The third kappa shape index (κ3) is 4.75. The number of nitrogens with one attached hydrogen (secondary N) is 1. The van der Waals surface area contributed by atoms with E-state index < -0.39 is 12.5 Å². The number of hydrogen-bond acceptors (Lipinski definition) is 5. The highest BCUT2D eigenvalue weighted by Gasteiger charge is 2.14. The average Bonchev–Trinajstić information content (AvgIpc) is 2.90. The number of anilines is 1. The van der Waals surface area contributed by atoms with Gasteiger partial charge in [-0.25, -0.2) is 4.98 Å². The summed E-state index contributed by atoms with van der Waals surface area (Å²) in [6.45, 7) is -1.18. The van der Waals surface area contributed by atoms with Gasteiger partial charge in [-0.2, -0.15) is 8.78 Å². The number of ether oxygens (including phenoxy) is 2. The van der Waals surface area contributed by atoms with Crippen LogP contribution in [0.4, 0.5) is 13.9 Å². The van der Waals surface area contributed by atoms with E-state index in [0.29, 0.717) is 10.7 Å². The summed E-state index contributed by atoms with van der Waals surface area (Å²) >= 11 is 1.30. The predicted octanol–water partition coefficient (Wildman–Crippen LogP) is 3.71. The van der Waals surface area contributed by atoms with Crippen LogP contribution < -0.4 is 14.8 Å². The summed E-state index contributed by atoms with van der Waals surface area (Å²) in [5.41, 5.74) is 1.10. The van der Waals surface area contributed by atoms with Crippen LogP contribution in [0.5, 0.6) is 11.5 Å². The molecule has 1 amide bonds. The molecule has 2 aromatic rings. The Morgan fingerprint density at radius 1 is 1.43 bits per heavy atom. The number of halogens is 2. The van der Waals surface area contributed by atoms with E-state index in [0.717, 1.165) is 5.69 Å². The van der Waals surface area contributed by atoms with Gasteiger partial charge in [0.05, 0.1) is 12.8 Å². The minimum Gasteiger partial charge on any atom is -0.493 e. The van der Waals surface area contributed by atoms with E-state index in [1.54, 1.807) is 11.4 Å². The summed E-state index contributed by atoms with van der Waals surface area (Å²) in [5.74, 6) is -0.396. The molecule has 0 aliphatic rings. The van der Waals surface area contributed by atoms with Crippen molar-refractivity contribution in [1.29, 1.82) is 0 Å². The highest BCUT2D eigenvalue weighted by Crippen LogP contribution is 2.33. The summed E-state index contributed by atoms with van der Waals surface area (Å²) in [4.78, 5) is 15.9. The molecule has 0 atom stereocenters. The van der Waals surface area contributed by atoms with Crippen LogP contribution in [0.3, 0.4) is 0 Å². The fourth-order valence-electron chi connectivity index (χ4n) is 1.76. The van der Waals surface area contributed by atoms with Crippen LogP contribution in [0.2, 0.25) is 0 Å². The Kier molecular flexibility index (Phi) is 5.64. The number of alkyl halides is 2. The number of carbonyl (C=O) groups is 1. The van der Waals surface area contributed by atoms with Crippen molar-refractivity contribution in [3.05, 3.63) is 40.9 Å². The molecule has 0 aliphatic carbocycles. The Morgan fingerprint density at radius 2 is 2.22 bits per heavy atom. The third-order valence-electron chi connectivity index (χ3n) is 2.70. The molecule has 1 N–H and O–H groups in total. The van der Waals surface area contributed by atoms with Crippen molar-refractivity contribution < 1.29 is 23.0 Å². The molecule has 2 rings (SSSR count). The predicted molar refractivity (Wildman–Crippen MR) is 84.1 cm³/mol. The number of benzene rings is 1. The standard InChI is InChI=1S/C15H14F2N2O3S/c1-9-8-23-15(18-9)19-12(20)7-6-10-4-3-5-11(21-2)13(10)22-14(16)17/h3-8,14H,1-2H3,(H,18,19,20)/b7-6+. The molecule has 0 aliphatic heterocycles. The van der Waals surface area contributed by atoms with Crippen LogP contribution in [0.1, 0.15) is 11.3 Å². The Morgan fingerprint density at radius 3 is 2.83 bits per heavy atom. The SMILES string of the molecule is COc1cccc(/C=C/C(=O)Nc2nc(C)cs2)c1OC(F)F. The summed E-state index contributed by atoms with van der Waals surface area (Å²) in [6, 6.07) is 4.64. The number of methoxy groups -OCH3 is 1. The molecule has 0 bridgehead atoms. The Bertz CT molecular complexity index is 716. The van der Waals surface area contributed by atoms with Crippen molar-refractivity contribution in [2.24, 2.45) is 0 Å². The first-order valence-corrected chi connectivity index (χ1v) is 7.40. The van der Waals surface area contributed by atoms with Gasteiger partial charge < -0.3 is 9.47 Å². The summed E-state index contributed by atoms with van der Waals surface area (Å²) in [5, 5.41) is 4.85. The van der Waals surface area contributed by atoms with Gasteiger partial charge in [-0.05, 0) is 19.1 Å². The smallest absolute Gasteiger partial charge is 0.387 e. The molecule has 1 aromatic heterocycles. The van der Waals surface area contributed by atoms with Crippen molar-refractivity contribution in [3.63, 3.8) is 0 Å². The van der Waals surface area contributed by atoms with E-state index in [4.69, 9.17) is 4.74 Å². The van der Waals surface area contributed by atoms with Crippen molar-refractivity contribution in [3.8, 4) is 11.5 Å². The van der Waals surface area contributed by atoms with Gasteiger partial charge in [-0.3, -0.25) is 10.1 Å². The van der Waals surface area contributed by atoms with Gasteiger partial charge in [0, 0.05) is 17.0 Å². The van der Waals surface area contributed by atoms with Gasteiger partial charge in [0.25, 0.3) is 0 Å². The van der Waals surface area contributed by atoms with E-state index in [9.17, 15) is 13.6 Å². The second-order valence-corrected chi connectivity index (χ2v) is 5.23. The van der Waals surface area contributed by atoms with Crippen LogP contribution in [0.25, 0.3) is 6.08 Å². The molecule has 0 radical (unpaired) electrons. The molecule has 1 heterocycles. The van der Waals surface area contributed by atoms with Gasteiger partial charge in [0.15, 0.2) is 16.6 Å². The molecule has 23 heavy (non-hydrogen) atoms. The molecule has 0 saturated carbocycles. The van der Waals surface area contributed by atoms with Gasteiger partial charge >= 0.3 is 6.61 Å². The second-order valence-electron chi connectivity index (χ2n) is 4.37. The quantitative estimate of drug-likeness (QED) is 0.814. The maximum absolute atomic E-state index is 12.5. The minimum atomic E-state index is -2.99. The van der Waals surface area contributed by atoms with E-state index >= 15 is 0 Å². The lowest BCUT2D eigenvalue weighted by Gasteiger charge is -2.12. The molecule has 0 unspecified atom stereocenters. The highest BCUT2D eigenvalue weighted by molar-refractivity contribution is 7.13. The molecule has 1 aromatic carbocycles. The van der Waals surface area contributed by atoms with Crippen molar-refractivity contribution >= 4 is 28.5 Å². The van der Waals surface area contributed by atoms with E-state index in [1.807, 2.05) is 6.92 Å². The van der Waals surface area contributed by atoms with Gasteiger partial charge in [-0.1, -0.05) is 12.1 Å². The zero-order valence-electron chi connectivity index (χ0n) is 12.4. The molecular weight excluding hydrogens is 326 g/mol. The van der Waals surface area contributed by atoms with Crippen LogP contribution in [-0.4, -0.2) is 24.6 Å². The van der Waals surface area contributed by atoms with Crippen LogP contribution >= 0.6 is 11.3 Å². The van der Waals surface area contributed by atoms with Gasteiger partial charge in [0.1, 0.15) is 0 Å². The summed E-state index contributed by atoms with van der Waals surface area (Å²) in [6.07, 6.45) is 2.58. The number of carbonyl (C=O) groups excluding carboxylic acids is 1. The van der Waals surface area contributed by atoms with Gasteiger partial charge in [-0.15, -0.1) is 11.3 Å². The van der Waals surface area contributed by atoms with Gasteiger partial charge in [0.2, 0.25) is 5.91 Å². The highest BCUT2D eigenvalue weighted by atomic mass is 32.1. The number of aromatic nitrogens is 1. The van der Waals surface area contributed by atoms with E-state index in [1.165, 1.54) is 42.7 Å². The minimum absolute atomic E-state index is 0.126. The number of rotatable bonds is 6. The topological polar surface area (TPSA) is 60.5 Å². The molecule has 0 saturated heterocycles. The number of aryl methyl sites for hydroxylation is 1.